The smallest absolute Gasteiger partial charge is 0.153 e. The highest BCUT2D eigenvalue weighted by atomic mass is 19.1. The normalized spacial score (nSPS) is 16.7. The number of nitrogens with zero attached hydrogens (tertiary/aromatic N) is 1. The van der Waals surface area contributed by atoms with Gasteiger partial charge in [-0.1, -0.05) is 12.1 Å². The molecule has 1 saturated heterocycles. The van der Waals surface area contributed by atoms with Crippen LogP contribution < -0.4 is 5.73 Å². The lowest BCUT2D eigenvalue weighted by Gasteiger charge is -2.22. The average molecular weight is 261 g/mol. The molecule has 1 aromatic carbocycles. The number of aromatic nitrogens is 2. The number of rotatable bonds is 2. The van der Waals surface area contributed by atoms with Crippen LogP contribution in [-0.2, 0) is 4.74 Å². The number of anilines is 1. The number of hydrogen-bond acceptors (Lipinski definition) is 3. The molecule has 0 atom stereocenters. The maximum atomic E-state index is 13.4. The molecule has 3 rings (SSSR count). The van der Waals surface area contributed by atoms with E-state index in [1.165, 1.54) is 12.1 Å². The molecule has 1 fully saturated rings. The van der Waals surface area contributed by atoms with Crippen LogP contribution in [0.5, 0.6) is 0 Å². The minimum Gasteiger partial charge on any atom is -0.382 e. The Morgan fingerprint density at radius 3 is 2.84 bits per heavy atom. The van der Waals surface area contributed by atoms with E-state index in [0.29, 0.717) is 11.7 Å². The van der Waals surface area contributed by atoms with Crippen LogP contribution in [0.3, 0.4) is 0 Å². The van der Waals surface area contributed by atoms with E-state index in [0.717, 1.165) is 42.9 Å². The molecule has 0 unspecified atom stereocenters. The van der Waals surface area contributed by atoms with Gasteiger partial charge in [0.05, 0.1) is 0 Å². The highest BCUT2D eigenvalue weighted by molar-refractivity contribution is 5.76. The van der Waals surface area contributed by atoms with Crippen LogP contribution >= 0.6 is 0 Å². The van der Waals surface area contributed by atoms with Crippen LogP contribution in [0.1, 0.15) is 24.5 Å². The summed E-state index contributed by atoms with van der Waals surface area (Å²) in [6.45, 7) is 1.48. The first-order valence-electron chi connectivity index (χ1n) is 6.43. The molecule has 0 spiro atoms. The van der Waals surface area contributed by atoms with Crippen LogP contribution in [0.2, 0.25) is 0 Å². The van der Waals surface area contributed by atoms with Gasteiger partial charge in [0.25, 0.3) is 0 Å². The first-order valence-corrected chi connectivity index (χ1v) is 6.43. The Hall–Kier alpha value is -1.88. The molecule has 2 aromatic rings. The molecule has 1 aliphatic heterocycles. The van der Waals surface area contributed by atoms with Gasteiger partial charge in [0.2, 0.25) is 0 Å². The molecule has 19 heavy (non-hydrogen) atoms. The lowest BCUT2D eigenvalue weighted by molar-refractivity contribution is 0.0846. The zero-order valence-corrected chi connectivity index (χ0v) is 10.5. The Morgan fingerprint density at radius 1 is 1.32 bits per heavy atom. The summed E-state index contributed by atoms with van der Waals surface area (Å²) in [5.41, 5.74) is 8.52. The Morgan fingerprint density at radius 2 is 2.11 bits per heavy atom. The van der Waals surface area contributed by atoms with Crippen LogP contribution in [0, 0.1) is 5.82 Å². The number of nitrogen functional groups attached to an aromatic ring is 1. The van der Waals surface area contributed by atoms with Crippen molar-refractivity contribution in [2.75, 3.05) is 18.9 Å². The molecular formula is C14H16FN3O. The van der Waals surface area contributed by atoms with Gasteiger partial charge in [-0.15, -0.1) is 0 Å². The quantitative estimate of drug-likeness (QED) is 0.873. The van der Waals surface area contributed by atoms with Crippen molar-refractivity contribution in [3.63, 3.8) is 0 Å². The molecule has 0 bridgehead atoms. The van der Waals surface area contributed by atoms with E-state index in [2.05, 4.69) is 10.2 Å². The van der Waals surface area contributed by atoms with Crippen molar-refractivity contribution in [3.8, 4) is 11.1 Å². The van der Waals surface area contributed by atoms with Crippen molar-refractivity contribution in [1.29, 1.82) is 0 Å². The predicted molar refractivity (Wildman–Crippen MR) is 71.2 cm³/mol. The molecule has 3 N–H and O–H groups in total. The number of hydrogen-bond donors (Lipinski definition) is 2. The molecule has 1 aromatic heterocycles. The van der Waals surface area contributed by atoms with Crippen LogP contribution in [0.15, 0.2) is 24.3 Å². The molecule has 0 saturated carbocycles. The molecule has 100 valence electrons. The maximum Gasteiger partial charge on any atom is 0.153 e. The number of aromatic amines is 1. The van der Waals surface area contributed by atoms with E-state index in [4.69, 9.17) is 10.5 Å². The molecule has 4 nitrogen and oxygen atoms in total. The van der Waals surface area contributed by atoms with Gasteiger partial charge in [-0.2, -0.15) is 5.10 Å². The molecule has 5 heteroatoms. The van der Waals surface area contributed by atoms with Crippen molar-refractivity contribution in [3.05, 3.63) is 35.8 Å². The zero-order valence-electron chi connectivity index (χ0n) is 10.5. The third-order valence-corrected chi connectivity index (χ3v) is 3.57. The fraction of sp³-hybridized carbons (Fsp3) is 0.357. The number of ether oxygens (including phenoxy) is 1. The Bertz CT molecular complexity index is 576. The Kier molecular flexibility index (Phi) is 3.21. The summed E-state index contributed by atoms with van der Waals surface area (Å²) in [5.74, 6) is 0.500. The lowest BCUT2D eigenvalue weighted by atomic mass is 9.91. The third-order valence-electron chi connectivity index (χ3n) is 3.57. The maximum absolute atomic E-state index is 13.4. The summed E-state index contributed by atoms with van der Waals surface area (Å²) >= 11 is 0. The Labute approximate surface area is 110 Å². The number of halogens is 1. The van der Waals surface area contributed by atoms with E-state index in [9.17, 15) is 4.39 Å². The zero-order chi connectivity index (χ0) is 13.2. The monoisotopic (exact) mass is 261 g/mol. The summed E-state index contributed by atoms with van der Waals surface area (Å²) in [7, 11) is 0. The second-order valence-corrected chi connectivity index (χ2v) is 4.79. The third kappa shape index (κ3) is 2.33. The first kappa shape index (κ1) is 12.2. The first-order chi connectivity index (χ1) is 9.25. The fourth-order valence-corrected chi connectivity index (χ4v) is 2.60. The van der Waals surface area contributed by atoms with E-state index >= 15 is 0 Å². The van der Waals surface area contributed by atoms with Gasteiger partial charge < -0.3 is 10.5 Å². The second kappa shape index (κ2) is 5.01. The van der Waals surface area contributed by atoms with Gasteiger partial charge >= 0.3 is 0 Å². The molecule has 0 radical (unpaired) electrons. The van der Waals surface area contributed by atoms with E-state index in [1.807, 2.05) is 6.07 Å². The van der Waals surface area contributed by atoms with Gasteiger partial charge in [0.1, 0.15) is 5.82 Å². The Balaban J connectivity index is 2.03. The summed E-state index contributed by atoms with van der Waals surface area (Å²) in [6.07, 6.45) is 1.87. The van der Waals surface area contributed by atoms with Crippen molar-refractivity contribution in [2.24, 2.45) is 0 Å². The van der Waals surface area contributed by atoms with E-state index in [-0.39, 0.29) is 5.82 Å². The minimum atomic E-state index is -0.268. The van der Waals surface area contributed by atoms with Crippen molar-refractivity contribution >= 4 is 5.82 Å². The van der Waals surface area contributed by atoms with Crippen molar-refractivity contribution in [1.82, 2.24) is 10.2 Å². The van der Waals surface area contributed by atoms with Crippen molar-refractivity contribution in [2.45, 2.75) is 18.8 Å². The standard InChI is InChI=1S/C14H16FN3O/c15-11-3-1-2-10(8-11)12-13(17-18-14(12)16)9-4-6-19-7-5-9/h1-3,8-9H,4-7H2,(H3,16,17,18). The number of H-pyrrole nitrogens is 1. The topological polar surface area (TPSA) is 63.9 Å². The molecule has 1 aliphatic rings. The van der Waals surface area contributed by atoms with Gasteiger partial charge in [0.15, 0.2) is 5.82 Å². The fourth-order valence-electron chi connectivity index (χ4n) is 2.60. The summed E-state index contributed by atoms with van der Waals surface area (Å²) in [6, 6.07) is 6.45. The van der Waals surface area contributed by atoms with Crippen LogP contribution in [-0.4, -0.2) is 23.4 Å². The molecule has 0 aliphatic carbocycles. The van der Waals surface area contributed by atoms with Crippen molar-refractivity contribution < 1.29 is 9.13 Å². The highest BCUT2D eigenvalue weighted by Crippen LogP contribution is 2.36. The largest absolute Gasteiger partial charge is 0.382 e. The van der Waals surface area contributed by atoms with Gasteiger partial charge in [-0.05, 0) is 30.5 Å². The van der Waals surface area contributed by atoms with Crippen LogP contribution in [0.4, 0.5) is 10.2 Å². The van der Waals surface area contributed by atoms with Crippen LogP contribution in [0.25, 0.3) is 11.1 Å². The number of nitrogens with two attached hydrogens (primary N) is 1. The van der Waals surface area contributed by atoms with Gasteiger partial charge in [-0.25, -0.2) is 4.39 Å². The number of benzene rings is 1. The average Bonchev–Trinajstić information content (AvgIpc) is 2.82. The predicted octanol–water partition coefficient (Wildman–Crippen LogP) is 2.69. The SMILES string of the molecule is Nc1n[nH]c(C2CCOCC2)c1-c1cccc(F)c1. The molecule has 0 amide bonds. The van der Waals surface area contributed by atoms with Gasteiger partial charge in [0, 0.05) is 30.4 Å². The molecule has 2 heterocycles. The minimum absolute atomic E-state index is 0.268. The lowest BCUT2D eigenvalue weighted by Crippen LogP contribution is -2.15. The summed E-state index contributed by atoms with van der Waals surface area (Å²) in [4.78, 5) is 0. The number of nitrogens with one attached hydrogen (secondary N) is 1. The summed E-state index contributed by atoms with van der Waals surface area (Å²) < 4.78 is 18.7. The summed E-state index contributed by atoms with van der Waals surface area (Å²) in [5, 5.41) is 7.10. The van der Waals surface area contributed by atoms with E-state index < -0.39 is 0 Å². The van der Waals surface area contributed by atoms with Gasteiger partial charge in [-0.3, -0.25) is 5.10 Å². The highest BCUT2D eigenvalue weighted by Gasteiger charge is 2.23. The molecular weight excluding hydrogens is 245 g/mol. The van der Waals surface area contributed by atoms with E-state index in [1.54, 1.807) is 6.07 Å². The second-order valence-electron chi connectivity index (χ2n) is 4.79.